The third kappa shape index (κ3) is 3.18. The van der Waals surface area contributed by atoms with Crippen molar-refractivity contribution in [3.63, 3.8) is 0 Å². The Bertz CT molecular complexity index is 332. The molecule has 1 aliphatic rings. The molecule has 0 aromatic rings. The molecule has 0 spiro atoms. The lowest BCUT2D eigenvalue weighted by molar-refractivity contribution is -0.132. The average Bonchev–Trinajstić information content (AvgIpc) is 2.29. The molecule has 0 radical (unpaired) electrons. The molecular formula is C10H20N2O3S. The average molecular weight is 248 g/mol. The minimum atomic E-state index is -3.09. The number of carbonyl (C=O) groups is 1. The highest BCUT2D eigenvalue weighted by Gasteiger charge is 2.26. The number of amides is 1. The summed E-state index contributed by atoms with van der Waals surface area (Å²) in [5.74, 6) is 0.270. The van der Waals surface area contributed by atoms with E-state index in [-0.39, 0.29) is 11.7 Å². The number of nitrogens with zero attached hydrogens (tertiary/aromatic N) is 2. The van der Waals surface area contributed by atoms with Crippen molar-refractivity contribution in [1.82, 2.24) is 9.21 Å². The van der Waals surface area contributed by atoms with Gasteiger partial charge in [-0.25, -0.2) is 8.42 Å². The van der Waals surface area contributed by atoms with Crippen molar-refractivity contribution in [2.75, 3.05) is 31.9 Å². The summed E-state index contributed by atoms with van der Waals surface area (Å²) in [6.07, 6.45) is 1.40. The second kappa shape index (κ2) is 5.63. The van der Waals surface area contributed by atoms with Crippen molar-refractivity contribution >= 4 is 15.9 Å². The maximum Gasteiger partial charge on any atom is 0.222 e. The van der Waals surface area contributed by atoms with E-state index in [2.05, 4.69) is 0 Å². The molecule has 0 atom stereocenters. The molecule has 0 aromatic heterocycles. The summed E-state index contributed by atoms with van der Waals surface area (Å²) in [7, 11) is -3.09. The zero-order chi connectivity index (χ0) is 12.2. The van der Waals surface area contributed by atoms with Gasteiger partial charge in [0.05, 0.1) is 5.75 Å². The highest BCUT2D eigenvalue weighted by molar-refractivity contribution is 7.89. The summed E-state index contributed by atoms with van der Waals surface area (Å²) in [6.45, 7) is 5.53. The molecule has 1 amide bonds. The predicted octanol–water partition coefficient (Wildman–Crippen LogP) is 0.280. The number of hydrogen-bond donors (Lipinski definition) is 0. The van der Waals surface area contributed by atoms with Gasteiger partial charge in [-0.3, -0.25) is 4.79 Å². The topological polar surface area (TPSA) is 57.7 Å². The molecule has 94 valence electrons. The molecule has 0 aromatic carbocycles. The van der Waals surface area contributed by atoms with Gasteiger partial charge in [-0.2, -0.15) is 4.31 Å². The van der Waals surface area contributed by atoms with Gasteiger partial charge in [0.2, 0.25) is 15.9 Å². The molecule has 1 saturated heterocycles. The summed E-state index contributed by atoms with van der Waals surface area (Å²) < 4.78 is 24.6. The van der Waals surface area contributed by atoms with E-state index in [1.54, 1.807) is 11.8 Å². The van der Waals surface area contributed by atoms with Gasteiger partial charge in [-0.05, 0) is 13.3 Å². The summed E-state index contributed by atoms with van der Waals surface area (Å²) in [6, 6.07) is 0. The molecule has 5 nitrogen and oxygen atoms in total. The molecule has 1 heterocycles. The van der Waals surface area contributed by atoms with Crippen molar-refractivity contribution in [2.24, 2.45) is 0 Å². The van der Waals surface area contributed by atoms with Crippen LogP contribution >= 0.6 is 0 Å². The van der Waals surface area contributed by atoms with Crippen LogP contribution in [0.4, 0.5) is 0 Å². The Morgan fingerprint density at radius 1 is 1.12 bits per heavy atom. The van der Waals surface area contributed by atoms with Crippen LogP contribution in [0.15, 0.2) is 0 Å². The standard InChI is InChI=1S/C10H20N2O3S/c1-3-5-10(13)11-6-8-12(9-7-11)16(14,15)4-2/h3-9H2,1-2H3. The molecule has 0 aliphatic carbocycles. The molecule has 0 saturated carbocycles. The zero-order valence-corrected chi connectivity index (χ0v) is 10.8. The van der Waals surface area contributed by atoms with Gasteiger partial charge in [0, 0.05) is 32.6 Å². The van der Waals surface area contributed by atoms with Gasteiger partial charge in [0.15, 0.2) is 0 Å². The van der Waals surface area contributed by atoms with Crippen LogP contribution in [0, 0.1) is 0 Å². The van der Waals surface area contributed by atoms with E-state index in [4.69, 9.17) is 0 Å². The molecule has 0 unspecified atom stereocenters. The number of hydrogen-bond acceptors (Lipinski definition) is 3. The number of sulfonamides is 1. The van der Waals surface area contributed by atoms with E-state index in [1.165, 1.54) is 4.31 Å². The lowest BCUT2D eigenvalue weighted by Crippen LogP contribution is -2.50. The van der Waals surface area contributed by atoms with E-state index in [1.807, 2.05) is 6.92 Å². The second-order valence-electron chi connectivity index (χ2n) is 3.93. The Labute approximate surface area is 97.5 Å². The van der Waals surface area contributed by atoms with Crippen molar-refractivity contribution in [1.29, 1.82) is 0 Å². The minimum absolute atomic E-state index is 0.135. The first-order valence-electron chi connectivity index (χ1n) is 5.76. The van der Waals surface area contributed by atoms with Crippen LogP contribution in [0.1, 0.15) is 26.7 Å². The number of rotatable bonds is 4. The van der Waals surface area contributed by atoms with Crippen LogP contribution in [-0.4, -0.2) is 55.5 Å². The van der Waals surface area contributed by atoms with Crippen LogP contribution < -0.4 is 0 Å². The molecule has 6 heteroatoms. The van der Waals surface area contributed by atoms with Crippen LogP contribution in [0.25, 0.3) is 0 Å². The van der Waals surface area contributed by atoms with Crippen LogP contribution in [-0.2, 0) is 14.8 Å². The third-order valence-corrected chi connectivity index (χ3v) is 4.69. The van der Waals surface area contributed by atoms with Gasteiger partial charge < -0.3 is 4.90 Å². The van der Waals surface area contributed by atoms with Crippen molar-refractivity contribution in [3.8, 4) is 0 Å². The Morgan fingerprint density at radius 2 is 1.69 bits per heavy atom. The smallest absolute Gasteiger partial charge is 0.222 e. The quantitative estimate of drug-likeness (QED) is 0.718. The molecule has 0 N–H and O–H groups in total. The first-order valence-corrected chi connectivity index (χ1v) is 7.37. The number of piperazine rings is 1. The summed E-state index contributed by atoms with van der Waals surface area (Å²) in [5, 5.41) is 0. The maximum atomic E-state index is 11.6. The summed E-state index contributed by atoms with van der Waals surface area (Å²) in [4.78, 5) is 13.3. The normalized spacial score (nSPS) is 18.8. The van der Waals surface area contributed by atoms with Crippen molar-refractivity contribution in [3.05, 3.63) is 0 Å². The zero-order valence-electron chi connectivity index (χ0n) is 9.98. The fourth-order valence-corrected chi connectivity index (χ4v) is 2.86. The Balaban J connectivity index is 2.49. The van der Waals surface area contributed by atoms with Crippen LogP contribution in [0.3, 0.4) is 0 Å². The van der Waals surface area contributed by atoms with Gasteiger partial charge in [-0.1, -0.05) is 6.92 Å². The lowest BCUT2D eigenvalue weighted by atomic mass is 10.2. The van der Waals surface area contributed by atoms with Crippen molar-refractivity contribution in [2.45, 2.75) is 26.7 Å². The number of carbonyl (C=O) groups excluding carboxylic acids is 1. The molecule has 0 bridgehead atoms. The molecule has 1 fully saturated rings. The lowest BCUT2D eigenvalue weighted by Gasteiger charge is -2.33. The summed E-state index contributed by atoms with van der Waals surface area (Å²) >= 11 is 0. The molecule has 16 heavy (non-hydrogen) atoms. The molecular weight excluding hydrogens is 228 g/mol. The second-order valence-corrected chi connectivity index (χ2v) is 6.19. The first kappa shape index (κ1) is 13.4. The van der Waals surface area contributed by atoms with E-state index in [0.717, 1.165) is 6.42 Å². The maximum absolute atomic E-state index is 11.6. The Hall–Kier alpha value is -0.620. The Morgan fingerprint density at radius 3 is 2.12 bits per heavy atom. The van der Waals surface area contributed by atoms with E-state index in [0.29, 0.717) is 32.6 Å². The monoisotopic (exact) mass is 248 g/mol. The molecule has 1 aliphatic heterocycles. The van der Waals surface area contributed by atoms with Gasteiger partial charge in [0.25, 0.3) is 0 Å². The van der Waals surface area contributed by atoms with Crippen LogP contribution in [0.2, 0.25) is 0 Å². The largest absolute Gasteiger partial charge is 0.340 e. The highest BCUT2D eigenvalue weighted by atomic mass is 32.2. The van der Waals surface area contributed by atoms with Gasteiger partial charge >= 0.3 is 0 Å². The van der Waals surface area contributed by atoms with Crippen LogP contribution in [0.5, 0.6) is 0 Å². The fourth-order valence-electron chi connectivity index (χ4n) is 1.77. The highest BCUT2D eigenvalue weighted by Crippen LogP contribution is 2.09. The van der Waals surface area contributed by atoms with Crippen molar-refractivity contribution < 1.29 is 13.2 Å². The first-order chi connectivity index (χ1) is 7.51. The van der Waals surface area contributed by atoms with Gasteiger partial charge in [0.1, 0.15) is 0 Å². The van der Waals surface area contributed by atoms with E-state index < -0.39 is 10.0 Å². The molecule has 1 rings (SSSR count). The SMILES string of the molecule is CCCC(=O)N1CCN(S(=O)(=O)CC)CC1. The Kier molecular flexibility index (Phi) is 4.73. The minimum Gasteiger partial charge on any atom is -0.340 e. The summed E-state index contributed by atoms with van der Waals surface area (Å²) in [5.41, 5.74) is 0. The van der Waals surface area contributed by atoms with E-state index in [9.17, 15) is 13.2 Å². The third-order valence-electron chi connectivity index (χ3n) is 2.81. The van der Waals surface area contributed by atoms with E-state index >= 15 is 0 Å². The predicted molar refractivity (Wildman–Crippen MR) is 62.5 cm³/mol. The van der Waals surface area contributed by atoms with Gasteiger partial charge in [-0.15, -0.1) is 0 Å². The fraction of sp³-hybridized carbons (Fsp3) is 0.900.